The van der Waals surface area contributed by atoms with E-state index in [2.05, 4.69) is 6.07 Å². The van der Waals surface area contributed by atoms with E-state index in [4.69, 9.17) is 4.74 Å². The molecule has 0 aromatic carbocycles. The van der Waals surface area contributed by atoms with E-state index < -0.39 is 5.41 Å². The van der Waals surface area contributed by atoms with Crippen molar-refractivity contribution in [2.75, 3.05) is 26.3 Å². The van der Waals surface area contributed by atoms with Crippen molar-refractivity contribution in [3.63, 3.8) is 0 Å². The topological polar surface area (TPSA) is 53.3 Å². The number of amides is 1. The third kappa shape index (κ3) is 2.29. The molecule has 0 unspecified atom stereocenters. The third-order valence-electron chi connectivity index (χ3n) is 3.02. The van der Waals surface area contributed by atoms with Gasteiger partial charge in [-0.3, -0.25) is 4.79 Å². The first-order chi connectivity index (χ1) is 7.20. The third-order valence-corrected chi connectivity index (χ3v) is 3.02. The first kappa shape index (κ1) is 12.0. The minimum atomic E-state index is -0.829. The Labute approximate surface area is 90.8 Å². The summed E-state index contributed by atoms with van der Waals surface area (Å²) in [5.74, 6) is -0.0294. The molecular weight excluding hydrogens is 192 g/mol. The van der Waals surface area contributed by atoms with Crippen LogP contribution < -0.4 is 0 Å². The number of carbonyl (C=O) groups is 1. The van der Waals surface area contributed by atoms with Crippen LogP contribution in [0.2, 0.25) is 0 Å². The van der Waals surface area contributed by atoms with Gasteiger partial charge in [-0.15, -0.1) is 0 Å². The molecule has 1 rings (SSSR count). The summed E-state index contributed by atoms with van der Waals surface area (Å²) in [5, 5.41) is 9.20. The lowest BCUT2D eigenvalue weighted by Crippen LogP contribution is -2.46. The maximum absolute atomic E-state index is 12.2. The van der Waals surface area contributed by atoms with Gasteiger partial charge in [0, 0.05) is 26.3 Å². The van der Waals surface area contributed by atoms with Gasteiger partial charge in [0.05, 0.1) is 6.07 Å². The maximum atomic E-state index is 12.2. The number of ether oxygens (including phenoxy) is 1. The zero-order chi connectivity index (χ0) is 11.3. The van der Waals surface area contributed by atoms with Gasteiger partial charge in [0.2, 0.25) is 5.91 Å². The Morgan fingerprint density at radius 2 is 1.93 bits per heavy atom. The van der Waals surface area contributed by atoms with E-state index in [1.165, 1.54) is 0 Å². The van der Waals surface area contributed by atoms with Crippen LogP contribution in [-0.4, -0.2) is 37.1 Å². The molecule has 0 spiro atoms. The zero-order valence-electron chi connectivity index (χ0n) is 9.45. The predicted octanol–water partition coefficient (Wildman–Crippen LogP) is 1.18. The Morgan fingerprint density at radius 3 is 2.33 bits per heavy atom. The van der Waals surface area contributed by atoms with Crippen LogP contribution >= 0.6 is 0 Å². The molecule has 0 N–H and O–H groups in total. The molecule has 0 aromatic rings. The van der Waals surface area contributed by atoms with Gasteiger partial charge < -0.3 is 9.64 Å². The molecule has 1 aliphatic rings. The van der Waals surface area contributed by atoms with Gasteiger partial charge in [0.15, 0.2) is 0 Å². The summed E-state index contributed by atoms with van der Waals surface area (Å²) in [5.41, 5.74) is -0.829. The molecule has 0 atom stereocenters. The highest BCUT2D eigenvalue weighted by atomic mass is 16.5. The molecule has 0 bridgehead atoms. The van der Waals surface area contributed by atoms with E-state index in [9.17, 15) is 10.1 Å². The lowest BCUT2D eigenvalue weighted by Gasteiger charge is -2.33. The lowest BCUT2D eigenvalue weighted by atomic mass is 9.80. The molecule has 0 aliphatic carbocycles. The first-order valence-electron chi connectivity index (χ1n) is 5.48. The van der Waals surface area contributed by atoms with Crippen LogP contribution in [0.4, 0.5) is 0 Å². The number of nitrogens with zero attached hydrogens (tertiary/aromatic N) is 2. The molecule has 1 heterocycles. The van der Waals surface area contributed by atoms with E-state index >= 15 is 0 Å². The fourth-order valence-corrected chi connectivity index (χ4v) is 1.91. The normalized spacial score (nSPS) is 19.3. The second-order valence-corrected chi connectivity index (χ2v) is 3.78. The largest absolute Gasteiger partial charge is 0.381 e. The van der Waals surface area contributed by atoms with Crippen LogP contribution in [0.5, 0.6) is 0 Å². The summed E-state index contributed by atoms with van der Waals surface area (Å²) >= 11 is 0. The van der Waals surface area contributed by atoms with Crippen molar-refractivity contribution < 1.29 is 9.53 Å². The molecule has 84 valence electrons. The van der Waals surface area contributed by atoms with Crippen LogP contribution in [-0.2, 0) is 9.53 Å². The van der Waals surface area contributed by atoms with Crippen LogP contribution in [0, 0.1) is 16.7 Å². The van der Waals surface area contributed by atoms with Crippen molar-refractivity contribution in [2.45, 2.75) is 26.7 Å². The highest BCUT2D eigenvalue weighted by molar-refractivity contribution is 5.85. The van der Waals surface area contributed by atoms with Gasteiger partial charge in [0.25, 0.3) is 0 Å². The molecule has 0 saturated carbocycles. The van der Waals surface area contributed by atoms with Crippen LogP contribution in [0.3, 0.4) is 0 Å². The molecule has 0 radical (unpaired) electrons. The van der Waals surface area contributed by atoms with Crippen molar-refractivity contribution in [1.82, 2.24) is 4.90 Å². The van der Waals surface area contributed by atoms with Crippen molar-refractivity contribution in [1.29, 1.82) is 5.26 Å². The maximum Gasteiger partial charge on any atom is 0.243 e. The standard InChI is InChI=1S/C11H18N2O2/c1-3-13(4-2)10(14)11(9-12)5-7-15-8-6-11/h3-8H2,1-2H3. The average Bonchev–Trinajstić information content (AvgIpc) is 2.31. The second kappa shape index (κ2) is 5.13. The first-order valence-corrected chi connectivity index (χ1v) is 5.48. The number of nitriles is 1. The average molecular weight is 210 g/mol. The summed E-state index contributed by atoms with van der Waals surface area (Å²) in [6.07, 6.45) is 1.05. The van der Waals surface area contributed by atoms with Gasteiger partial charge in [-0.2, -0.15) is 5.26 Å². The molecule has 4 nitrogen and oxygen atoms in total. The molecule has 1 aliphatic heterocycles. The van der Waals surface area contributed by atoms with Gasteiger partial charge in [-0.1, -0.05) is 0 Å². The highest BCUT2D eigenvalue weighted by Gasteiger charge is 2.42. The summed E-state index contributed by atoms with van der Waals surface area (Å²) in [7, 11) is 0. The zero-order valence-corrected chi connectivity index (χ0v) is 9.45. The van der Waals surface area contributed by atoms with Crippen molar-refractivity contribution in [3.05, 3.63) is 0 Å². The Bertz CT molecular complexity index is 260. The molecule has 1 saturated heterocycles. The summed E-state index contributed by atoms with van der Waals surface area (Å²) < 4.78 is 5.20. The fourth-order valence-electron chi connectivity index (χ4n) is 1.91. The van der Waals surface area contributed by atoms with Crippen LogP contribution in [0.25, 0.3) is 0 Å². The van der Waals surface area contributed by atoms with Gasteiger partial charge in [-0.25, -0.2) is 0 Å². The van der Waals surface area contributed by atoms with E-state index in [-0.39, 0.29) is 5.91 Å². The summed E-state index contributed by atoms with van der Waals surface area (Å²) in [4.78, 5) is 13.9. The number of rotatable bonds is 3. The van der Waals surface area contributed by atoms with E-state index in [0.717, 1.165) is 0 Å². The molecule has 1 amide bonds. The Hall–Kier alpha value is -1.08. The molecule has 0 aromatic heterocycles. The van der Waals surface area contributed by atoms with Crippen LogP contribution in [0.1, 0.15) is 26.7 Å². The molecule has 4 heteroatoms. The highest BCUT2D eigenvalue weighted by Crippen LogP contribution is 2.31. The van der Waals surface area contributed by atoms with Crippen molar-refractivity contribution >= 4 is 5.91 Å². The van der Waals surface area contributed by atoms with Crippen LogP contribution in [0.15, 0.2) is 0 Å². The quantitative estimate of drug-likeness (QED) is 0.702. The minimum Gasteiger partial charge on any atom is -0.381 e. The Morgan fingerprint density at radius 1 is 1.40 bits per heavy atom. The van der Waals surface area contributed by atoms with E-state index in [1.54, 1.807) is 4.90 Å². The number of hydrogen-bond acceptors (Lipinski definition) is 3. The Kier molecular flexibility index (Phi) is 4.10. The fraction of sp³-hybridized carbons (Fsp3) is 0.818. The Balaban J connectivity index is 2.81. The summed E-state index contributed by atoms with van der Waals surface area (Å²) in [6.45, 7) is 6.23. The molecule has 15 heavy (non-hydrogen) atoms. The number of hydrogen-bond donors (Lipinski definition) is 0. The van der Waals surface area contributed by atoms with Gasteiger partial charge >= 0.3 is 0 Å². The van der Waals surface area contributed by atoms with Gasteiger partial charge in [0.1, 0.15) is 5.41 Å². The second-order valence-electron chi connectivity index (χ2n) is 3.78. The number of carbonyl (C=O) groups excluding carboxylic acids is 1. The summed E-state index contributed by atoms with van der Waals surface area (Å²) in [6, 6.07) is 2.20. The van der Waals surface area contributed by atoms with E-state index in [0.29, 0.717) is 39.1 Å². The molecule has 1 fully saturated rings. The van der Waals surface area contributed by atoms with Gasteiger partial charge in [-0.05, 0) is 26.7 Å². The smallest absolute Gasteiger partial charge is 0.243 e. The molecular formula is C11H18N2O2. The van der Waals surface area contributed by atoms with E-state index in [1.807, 2.05) is 13.8 Å². The van der Waals surface area contributed by atoms with Crippen molar-refractivity contribution in [2.24, 2.45) is 5.41 Å². The predicted molar refractivity (Wildman–Crippen MR) is 56.0 cm³/mol. The minimum absolute atomic E-state index is 0.0294. The SMILES string of the molecule is CCN(CC)C(=O)C1(C#N)CCOCC1. The monoisotopic (exact) mass is 210 g/mol. The van der Waals surface area contributed by atoms with Crippen molar-refractivity contribution in [3.8, 4) is 6.07 Å². The lowest BCUT2D eigenvalue weighted by molar-refractivity contribution is -0.143.